The quantitative estimate of drug-likeness (QED) is 0.0809. The second-order valence-electron chi connectivity index (χ2n) is 9.71. The molecule has 0 bridgehead atoms. The van der Waals surface area contributed by atoms with Crippen molar-refractivity contribution in [3.8, 4) is 17.2 Å². The van der Waals surface area contributed by atoms with E-state index in [1.165, 1.54) is 7.11 Å². The van der Waals surface area contributed by atoms with Gasteiger partial charge in [-0.3, -0.25) is 9.69 Å². The highest BCUT2D eigenvalue weighted by atomic mass is 32.2. The zero-order valence-electron chi connectivity index (χ0n) is 26.7. The molecule has 4 atom stereocenters. The van der Waals surface area contributed by atoms with Crippen molar-refractivity contribution in [2.75, 3.05) is 52.2 Å². The van der Waals surface area contributed by atoms with Gasteiger partial charge in [0.2, 0.25) is 5.91 Å². The van der Waals surface area contributed by atoms with E-state index in [2.05, 4.69) is 17.9 Å². The van der Waals surface area contributed by atoms with E-state index in [-0.39, 0.29) is 18.1 Å². The van der Waals surface area contributed by atoms with Crippen LogP contribution in [0.15, 0.2) is 30.4 Å². The number of carbonyl (C=O) groups excluding carboxylic acids is 2. The Morgan fingerprint density at radius 3 is 2.06 bits per heavy atom. The molecule has 49 heavy (non-hydrogen) atoms. The van der Waals surface area contributed by atoms with Gasteiger partial charge in [-0.2, -0.15) is 50.7 Å². The highest BCUT2D eigenvalue weighted by Crippen LogP contribution is 2.32. The maximum Gasteiger partial charge on any atom is 0.490 e. The topological polar surface area (TPSA) is 187 Å². The molecule has 21 heteroatoms. The molecule has 0 saturated carbocycles. The van der Waals surface area contributed by atoms with E-state index < -0.39 is 42.3 Å². The summed E-state index contributed by atoms with van der Waals surface area (Å²) in [5.41, 5.74) is 5.93. The number of thiol groups is 1. The molecular formula is C28H39F6N3O10S2. The van der Waals surface area contributed by atoms with Gasteiger partial charge in [0.15, 0.2) is 11.5 Å². The summed E-state index contributed by atoms with van der Waals surface area (Å²) in [5.74, 6) is -3.15. The highest BCUT2D eigenvalue weighted by Gasteiger charge is 2.40. The number of methoxy groups -OCH3 is 3. The minimum Gasteiger partial charge on any atom is -0.493 e. The van der Waals surface area contributed by atoms with Crippen LogP contribution in [0.1, 0.15) is 12.8 Å². The number of halogens is 6. The molecule has 1 heterocycles. The van der Waals surface area contributed by atoms with Gasteiger partial charge in [0.1, 0.15) is 17.9 Å². The molecule has 0 aliphatic carbocycles. The van der Waals surface area contributed by atoms with Crippen LogP contribution in [0.4, 0.5) is 26.3 Å². The van der Waals surface area contributed by atoms with Crippen LogP contribution in [-0.4, -0.2) is 128 Å². The molecule has 13 nitrogen and oxygen atoms in total. The second kappa shape index (κ2) is 22.2. The highest BCUT2D eigenvalue weighted by molar-refractivity contribution is 7.98. The second-order valence-corrected chi connectivity index (χ2v) is 11.1. The maximum atomic E-state index is 13.3. The van der Waals surface area contributed by atoms with Gasteiger partial charge in [-0.05, 0) is 30.6 Å². The lowest BCUT2D eigenvalue weighted by molar-refractivity contribution is -0.193. The predicted molar refractivity (Wildman–Crippen MR) is 169 cm³/mol. The minimum atomic E-state index is -5.08. The minimum absolute atomic E-state index is 0.165. The first kappa shape index (κ1) is 45.4. The van der Waals surface area contributed by atoms with Gasteiger partial charge < -0.3 is 40.2 Å². The van der Waals surface area contributed by atoms with Crippen molar-refractivity contribution >= 4 is 48.2 Å². The third kappa shape index (κ3) is 17.6. The summed E-state index contributed by atoms with van der Waals surface area (Å²) >= 11 is 5.81. The Bertz CT molecular complexity index is 1220. The first-order valence-corrected chi connectivity index (χ1v) is 15.9. The van der Waals surface area contributed by atoms with Crippen LogP contribution in [0, 0.1) is 0 Å². The summed E-state index contributed by atoms with van der Waals surface area (Å²) in [6.07, 6.45) is -3.69. The molecule has 1 aromatic carbocycles. The van der Waals surface area contributed by atoms with Crippen molar-refractivity contribution in [2.45, 2.75) is 49.4 Å². The van der Waals surface area contributed by atoms with E-state index in [9.17, 15) is 35.9 Å². The summed E-state index contributed by atoms with van der Waals surface area (Å²) in [6, 6.07) is 4.01. The molecule has 0 spiro atoms. The van der Waals surface area contributed by atoms with Crippen molar-refractivity contribution in [3.63, 3.8) is 0 Å². The number of alkyl halides is 6. The number of aliphatic carboxylic acids is 2. The largest absolute Gasteiger partial charge is 0.493 e. The summed E-state index contributed by atoms with van der Waals surface area (Å²) in [5, 5.41) is 17.1. The number of carbonyl (C=O) groups is 4. The number of nitrogens with zero attached hydrogens (tertiary/aromatic N) is 1. The number of rotatable bonds is 14. The van der Waals surface area contributed by atoms with Crippen molar-refractivity contribution in [1.82, 2.24) is 10.2 Å². The number of esters is 1. The predicted octanol–water partition coefficient (Wildman–Crippen LogP) is 3.02. The Kier molecular flexibility index (Phi) is 20.6. The molecule has 1 aliphatic heterocycles. The lowest BCUT2D eigenvalue weighted by Gasteiger charge is -2.24. The maximum absolute atomic E-state index is 13.3. The van der Waals surface area contributed by atoms with Crippen LogP contribution in [-0.2, 0) is 23.9 Å². The number of ether oxygens (including phenoxy) is 4. The summed E-state index contributed by atoms with van der Waals surface area (Å²) in [7, 11) is 4.46. The molecule has 1 amide bonds. The summed E-state index contributed by atoms with van der Waals surface area (Å²) in [4.78, 5) is 45.3. The molecule has 2 rings (SSSR count). The Morgan fingerprint density at radius 2 is 1.61 bits per heavy atom. The Hall–Kier alpha value is -3.56. The fourth-order valence-electron chi connectivity index (χ4n) is 3.83. The molecule has 1 aliphatic rings. The molecule has 0 aromatic heterocycles. The Morgan fingerprint density at radius 1 is 1.06 bits per heavy atom. The van der Waals surface area contributed by atoms with Crippen molar-refractivity contribution in [1.29, 1.82) is 0 Å². The van der Waals surface area contributed by atoms with Crippen LogP contribution < -0.4 is 25.3 Å². The van der Waals surface area contributed by atoms with E-state index in [1.54, 1.807) is 44.2 Å². The third-order valence-corrected chi connectivity index (χ3v) is 7.22. The van der Waals surface area contributed by atoms with Crippen molar-refractivity contribution in [2.24, 2.45) is 5.73 Å². The van der Waals surface area contributed by atoms with Gasteiger partial charge in [0, 0.05) is 37.4 Å². The summed E-state index contributed by atoms with van der Waals surface area (Å²) in [6.45, 7) is 1.04. The Balaban J connectivity index is 0.00000137. The average molecular weight is 756 g/mol. The number of hydrogen-bond donors (Lipinski definition) is 5. The monoisotopic (exact) mass is 755 g/mol. The molecule has 1 fully saturated rings. The SMILES string of the molecule is COC(=O)[C@H](CCSC)NC(=O)[C@@H]1C[C@H](Oc2ccc(OC)c(OC)c2)CN1C/C=C/[C@@H](N)CS.O=C(O)C(F)(F)F.O=C(O)C(F)(F)F. The number of carboxylic acids is 2. The Labute approximate surface area is 287 Å². The number of likely N-dealkylation sites (tertiary alicyclic amines) is 1. The lowest BCUT2D eigenvalue weighted by atomic mass is 10.1. The van der Waals surface area contributed by atoms with Crippen LogP contribution in [0.3, 0.4) is 0 Å². The number of amides is 1. The van der Waals surface area contributed by atoms with Gasteiger partial charge in [0.25, 0.3) is 0 Å². The molecule has 1 saturated heterocycles. The number of benzene rings is 1. The van der Waals surface area contributed by atoms with Crippen LogP contribution in [0.2, 0.25) is 0 Å². The first-order chi connectivity index (χ1) is 22.7. The zero-order chi connectivity index (χ0) is 37.9. The number of nitrogens with two attached hydrogens (primary N) is 1. The molecular weight excluding hydrogens is 716 g/mol. The average Bonchev–Trinajstić information content (AvgIpc) is 3.44. The van der Waals surface area contributed by atoms with Crippen LogP contribution in [0.5, 0.6) is 17.2 Å². The number of nitrogens with one attached hydrogen (secondary N) is 1. The van der Waals surface area contributed by atoms with Crippen LogP contribution >= 0.6 is 24.4 Å². The number of carboxylic acid groups (broad SMARTS) is 2. The van der Waals surface area contributed by atoms with Gasteiger partial charge in [-0.15, -0.1) is 0 Å². The fraction of sp³-hybridized carbons (Fsp3) is 0.571. The van der Waals surface area contributed by atoms with Crippen molar-refractivity contribution < 1.29 is 74.7 Å². The van der Waals surface area contributed by atoms with E-state index in [0.717, 1.165) is 5.75 Å². The zero-order valence-corrected chi connectivity index (χ0v) is 28.5. The summed E-state index contributed by atoms with van der Waals surface area (Å²) < 4.78 is 85.2. The molecule has 0 radical (unpaired) electrons. The van der Waals surface area contributed by atoms with E-state index in [1.807, 2.05) is 23.3 Å². The fourth-order valence-corrected chi connectivity index (χ4v) is 4.42. The smallest absolute Gasteiger partial charge is 0.490 e. The molecule has 0 unspecified atom stereocenters. The van der Waals surface area contributed by atoms with Gasteiger partial charge in [-0.1, -0.05) is 12.2 Å². The molecule has 280 valence electrons. The van der Waals surface area contributed by atoms with E-state index >= 15 is 0 Å². The van der Waals surface area contributed by atoms with Gasteiger partial charge >= 0.3 is 30.3 Å². The van der Waals surface area contributed by atoms with Gasteiger partial charge in [-0.25, -0.2) is 14.4 Å². The van der Waals surface area contributed by atoms with E-state index in [0.29, 0.717) is 48.9 Å². The van der Waals surface area contributed by atoms with E-state index in [4.69, 9.17) is 44.5 Å². The van der Waals surface area contributed by atoms with Crippen molar-refractivity contribution in [3.05, 3.63) is 30.4 Å². The van der Waals surface area contributed by atoms with Gasteiger partial charge in [0.05, 0.1) is 27.4 Å². The number of hydrogen-bond acceptors (Lipinski definition) is 12. The standard InChI is InChI=1S/C24H37N3O6S2.2C2HF3O2/c1-30-21-8-7-17(13-22(21)31-2)33-18-12-20(27(14-18)10-5-6-16(25)15-34)23(28)26-19(9-11-35-4)24(29)32-3;2*3-2(4,5)1(6)7/h5-8,13,16,18-20,34H,9-12,14-15,25H2,1-4H3,(H,26,28);2*(H,6,7)/b6-5+;;/t16-,18+,19+,20+;;/m1../s1. The molecule has 1 aromatic rings. The van der Waals surface area contributed by atoms with Crippen LogP contribution in [0.25, 0.3) is 0 Å². The lowest BCUT2D eigenvalue weighted by Crippen LogP contribution is -2.50. The first-order valence-electron chi connectivity index (χ1n) is 13.9. The number of thioether (sulfide) groups is 1. The third-order valence-electron chi connectivity index (χ3n) is 6.16. The molecule has 5 N–H and O–H groups in total. The normalized spacial score (nSPS) is 17.4.